The molecule has 7 heteroatoms. The molecule has 1 fully saturated rings. The Morgan fingerprint density at radius 1 is 1.29 bits per heavy atom. The first-order valence-corrected chi connectivity index (χ1v) is 8.50. The molecule has 0 unspecified atom stereocenters. The summed E-state index contributed by atoms with van der Waals surface area (Å²) in [6.07, 6.45) is 5.28. The first-order valence-electron chi connectivity index (χ1n) is 8.10. The van der Waals surface area contributed by atoms with E-state index in [9.17, 15) is 0 Å². The summed E-state index contributed by atoms with van der Waals surface area (Å²) in [5.41, 5.74) is 1.13. The van der Waals surface area contributed by atoms with Crippen LogP contribution >= 0.6 is 12.2 Å². The van der Waals surface area contributed by atoms with Gasteiger partial charge in [-0.2, -0.15) is 0 Å². The van der Waals surface area contributed by atoms with Crippen molar-refractivity contribution in [2.45, 2.75) is 6.54 Å². The van der Waals surface area contributed by atoms with E-state index in [-0.39, 0.29) is 0 Å². The lowest BCUT2D eigenvalue weighted by Crippen LogP contribution is -2.43. The van der Waals surface area contributed by atoms with Gasteiger partial charge in [0.1, 0.15) is 0 Å². The zero-order chi connectivity index (χ0) is 16.6. The molecule has 0 radical (unpaired) electrons. The van der Waals surface area contributed by atoms with Crippen molar-refractivity contribution in [3.8, 4) is 0 Å². The predicted octanol–water partition coefficient (Wildman–Crippen LogP) is 2.21. The third kappa shape index (κ3) is 5.02. The second-order valence-electron chi connectivity index (χ2n) is 5.64. The summed E-state index contributed by atoms with van der Waals surface area (Å²) in [4.78, 5) is 8.73. The molecule has 3 rings (SSSR count). The summed E-state index contributed by atoms with van der Waals surface area (Å²) in [5, 5.41) is 3.81. The maximum absolute atomic E-state index is 5.58. The summed E-state index contributed by atoms with van der Waals surface area (Å²) in [6.45, 7) is 6.05. The van der Waals surface area contributed by atoms with E-state index in [1.807, 2.05) is 24.4 Å². The van der Waals surface area contributed by atoms with Gasteiger partial charge in [-0.3, -0.25) is 9.88 Å². The molecule has 0 atom stereocenters. The van der Waals surface area contributed by atoms with E-state index in [0.29, 0.717) is 17.5 Å². The van der Waals surface area contributed by atoms with Crippen LogP contribution in [0.3, 0.4) is 0 Å². The maximum atomic E-state index is 5.58. The van der Waals surface area contributed by atoms with Crippen molar-refractivity contribution in [1.82, 2.24) is 14.8 Å². The highest BCUT2D eigenvalue weighted by atomic mass is 32.1. The normalized spacial score (nSPS) is 15.2. The fraction of sp³-hybridized carbons (Fsp3) is 0.412. The Morgan fingerprint density at radius 3 is 2.88 bits per heavy atom. The van der Waals surface area contributed by atoms with E-state index in [0.717, 1.165) is 45.0 Å². The Bertz CT molecular complexity index is 615. The first kappa shape index (κ1) is 16.9. The number of hydrogen-bond donors (Lipinski definition) is 1. The van der Waals surface area contributed by atoms with Gasteiger partial charge >= 0.3 is 0 Å². The molecule has 128 valence electrons. The standard InChI is InChI=1S/C17H22N4O2S/c24-17(19-16-4-2-10-23-16)21(14-15-3-1-5-18-13-15)7-6-20-8-11-22-12-9-20/h1-5,10,13H,6-9,11-12,14H2,(H,19,24). The number of thiocarbonyl (C=S) groups is 1. The Hall–Kier alpha value is -1.96. The van der Waals surface area contributed by atoms with Crippen LogP contribution in [0.25, 0.3) is 0 Å². The third-order valence-corrected chi connectivity index (χ3v) is 4.28. The smallest absolute Gasteiger partial charge is 0.198 e. The molecule has 1 N–H and O–H groups in total. The number of nitrogens with zero attached hydrogens (tertiary/aromatic N) is 3. The lowest BCUT2D eigenvalue weighted by Gasteiger charge is -2.31. The highest BCUT2D eigenvalue weighted by molar-refractivity contribution is 7.80. The van der Waals surface area contributed by atoms with Gasteiger partial charge in [-0.15, -0.1) is 0 Å². The number of ether oxygens (including phenoxy) is 1. The van der Waals surface area contributed by atoms with Crippen molar-refractivity contribution >= 4 is 23.2 Å². The second-order valence-corrected chi connectivity index (χ2v) is 6.03. The minimum atomic E-state index is 0.655. The van der Waals surface area contributed by atoms with E-state index in [2.05, 4.69) is 26.2 Å². The van der Waals surface area contributed by atoms with Gasteiger partial charge in [0.2, 0.25) is 0 Å². The summed E-state index contributed by atoms with van der Waals surface area (Å²) >= 11 is 5.58. The van der Waals surface area contributed by atoms with Crippen molar-refractivity contribution < 1.29 is 9.15 Å². The van der Waals surface area contributed by atoms with Crippen LogP contribution in [0.15, 0.2) is 47.3 Å². The monoisotopic (exact) mass is 346 g/mol. The largest absolute Gasteiger partial charge is 0.449 e. The van der Waals surface area contributed by atoms with Crippen LogP contribution < -0.4 is 5.32 Å². The Labute approximate surface area is 147 Å². The Kier molecular flexibility index (Phi) is 6.17. The third-order valence-electron chi connectivity index (χ3n) is 3.92. The fourth-order valence-electron chi connectivity index (χ4n) is 2.59. The van der Waals surface area contributed by atoms with Crippen molar-refractivity contribution in [3.63, 3.8) is 0 Å². The van der Waals surface area contributed by atoms with Gasteiger partial charge in [0.05, 0.1) is 19.5 Å². The number of rotatable bonds is 6. The number of anilines is 1. The summed E-state index contributed by atoms with van der Waals surface area (Å²) in [6, 6.07) is 7.70. The molecule has 0 spiro atoms. The van der Waals surface area contributed by atoms with Gasteiger partial charge < -0.3 is 19.4 Å². The van der Waals surface area contributed by atoms with E-state index >= 15 is 0 Å². The van der Waals surface area contributed by atoms with Crippen LogP contribution in [0.5, 0.6) is 0 Å². The molecule has 1 saturated heterocycles. The van der Waals surface area contributed by atoms with Gasteiger partial charge in [-0.05, 0) is 29.9 Å². The summed E-state index contributed by atoms with van der Waals surface area (Å²) in [7, 11) is 0. The number of nitrogens with one attached hydrogen (secondary N) is 1. The van der Waals surface area contributed by atoms with E-state index in [1.165, 1.54) is 0 Å². The molecule has 0 bridgehead atoms. The van der Waals surface area contributed by atoms with Gasteiger partial charge in [0, 0.05) is 51.2 Å². The molecule has 1 aliphatic rings. The average Bonchev–Trinajstić information content (AvgIpc) is 3.13. The summed E-state index contributed by atoms with van der Waals surface area (Å²) in [5.74, 6) is 0.655. The number of furan rings is 1. The molecule has 2 aromatic rings. The van der Waals surface area contributed by atoms with Gasteiger partial charge in [-0.25, -0.2) is 0 Å². The molecule has 0 amide bonds. The van der Waals surface area contributed by atoms with Crippen LogP contribution in [0.2, 0.25) is 0 Å². The molecular weight excluding hydrogens is 324 g/mol. The minimum absolute atomic E-state index is 0.655. The summed E-state index contributed by atoms with van der Waals surface area (Å²) < 4.78 is 10.7. The molecular formula is C17H22N4O2S. The molecule has 0 saturated carbocycles. The van der Waals surface area contributed by atoms with Crippen LogP contribution in [-0.2, 0) is 11.3 Å². The molecule has 2 aromatic heterocycles. The van der Waals surface area contributed by atoms with E-state index in [4.69, 9.17) is 21.4 Å². The lowest BCUT2D eigenvalue weighted by atomic mass is 10.2. The highest BCUT2D eigenvalue weighted by Gasteiger charge is 2.15. The molecule has 24 heavy (non-hydrogen) atoms. The lowest BCUT2D eigenvalue weighted by molar-refractivity contribution is 0.0358. The molecule has 3 heterocycles. The SMILES string of the molecule is S=C(Nc1ccco1)N(CCN1CCOCC1)Cc1cccnc1. The number of hydrogen-bond acceptors (Lipinski definition) is 5. The molecule has 6 nitrogen and oxygen atoms in total. The molecule has 0 aliphatic carbocycles. The molecule has 0 aromatic carbocycles. The first-order chi connectivity index (χ1) is 11.8. The topological polar surface area (TPSA) is 53.8 Å². The van der Waals surface area contributed by atoms with E-state index in [1.54, 1.807) is 12.5 Å². The van der Waals surface area contributed by atoms with Crippen LogP contribution in [0.1, 0.15) is 5.56 Å². The number of aromatic nitrogens is 1. The highest BCUT2D eigenvalue weighted by Crippen LogP contribution is 2.11. The van der Waals surface area contributed by atoms with Crippen LogP contribution in [-0.4, -0.2) is 59.3 Å². The van der Waals surface area contributed by atoms with Crippen molar-refractivity contribution in [1.29, 1.82) is 0 Å². The van der Waals surface area contributed by atoms with Gasteiger partial charge in [0.25, 0.3) is 0 Å². The zero-order valence-corrected chi connectivity index (χ0v) is 14.4. The van der Waals surface area contributed by atoms with Gasteiger partial charge in [0.15, 0.2) is 11.0 Å². The quantitative estimate of drug-likeness (QED) is 0.805. The van der Waals surface area contributed by atoms with Crippen molar-refractivity contribution in [2.24, 2.45) is 0 Å². The fourth-order valence-corrected chi connectivity index (χ4v) is 2.84. The van der Waals surface area contributed by atoms with Crippen molar-refractivity contribution in [2.75, 3.05) is 44.7 Å². The van der Waals surface area contributed by atoms with Crippen molar-refractivity contribution in [3.05, 3.63) is 48.5 Å². The van der Waals surface area contributed by atoms with Crippen LogP contribution in [0, 0.1) is 0 Å². The zero-order valence-electron chi connectivity index (χ0n) is 13.6. The number of pyridine rings is 1. The van der Waals surface area contributed by atoms with Crippen LogP contribution in [0.4, 0.5) is 5.88 Å². The Balaban J connectivity index is 1.61. The number of morpholine rings is 1. The van der Waals surface area contributed by atoms with Gasteiger partial charge in [-0.1, -0.05) is 6.07 Å². The van der Waals surface area contributed by atoms with E-state index < -0.39 is 0 Å². The Morgan fingerprint density at radius 2 is 2.17 bits per heavy atom. The maximum Gasteiger partial charge on any atom is 0.198 e. The molecule has 1 aliphatic heterocycles. The second kappa shape index (κ2) is 8.77. The minimum Gasteiger partial charge on any atom is -0.449 e. The predicted molar refractivity (Wildman–Crippen MR) is 96.8 cm³/mol. The average molecular weight is 346 g/mol.